The Bertz CT molecular complexity index is 1320. The lowest BCUT2D eigenvalue weighted by Gasteiger charge is -2.58. The van der Waals surface area contributed by atoms with Crippen LogP contribution < -0.4 is 0 Å². The first-order valence-corrected chi connectivity index (χ1v) is 14.6. The second-order valence-electron chi connectivity index (χ2n) is 13.3. The van der Waals surface area contributed by atoms with Crippen LogP contribution in [0.5, 0.6) is 0 Å². The predicted octanol–water partition coefficient (Wildman–Crippen LogP) is 5.98. The van der Waals surface area contributed by atoms with Crippen molar-refractivity contribution in [3.63, 3.8) is 0 Å². The van der Waals surface area contributed by atoms with Crippen molar-refractivity contribution in [3.05, 3.63) is 65.3 Å². The Balaban J connectivity index is 1.57. The molecule has 0 N–H and O–H groups in total. The van der Waals surface area contributed by atoms with Gasteiger partial charge in [0.1, 0.15) is 18.3 Å². The monoisotopic (exact) mass is 562 g/mol. The molecule has 2 saturated carbocycles. The van der Waals surface area contributed by atoms with E-state index in [4.69, 9.17) is 18.9 Å². The number of rotatable bonds is 4. The largest absolute Gasteiger partial charge is 0.462 e. The lowest BCUT2D eigenvalue weighted by molar-refractivity contribution is -0.184. The van der Waals surface area contributed by atoms with Crippen molar-refractivity contribution in [2.45, 2.75) is 97.9 Å². The number of benzene rings is 1. The van der Waals surface area contributed by atoms with E-state index < -0.39 is 58.9 Å². The number of allylic oxidation sites excluding steroid dienone is 1. The molecule has 1 aromatic rings. The number of ketones is 1. The summed E-state index contributed by atoms with van der Waals surface area (Å²) in [5.41, 5.74) is 2.10. The molecule has 1 heterocycles. The molecule has 5 rings (SSSR count). The van der Waals surface area contributed by atoms with Gasteiger partial charge in [-0.1, -0.05) is 57.7 Å². The van der Waals surface area contributed by atoms with Gasteiger partial charge in [-0.05, 0) is 67.4 Å². The highest BCUT2D eigenvalue weighted by molar-refractivity contribution is 5.97. The van der Waals surface area contributed by atoms with E-state index in [9.17, 15) is 14.4 Å². The molecule has 0 spiro atoms. The highest BCUT2D eigenvalue weighted by Crippen LogP contribution is 2.62. The zero-order valence-electron chi connectivity index (χ0n) is 25.2. The standard InChI is InChI=1S/C34H42O7/c1-19-24(36)18-23-29(38-21(3)35)28-20(2)25(39-26(37)15-14-22-12-10-9-11-13-22)16-17-34(28,8)31-30(27(19)32(23,4)5)40-33(6,7)41-31/h9-15,23,25,28-31H,2,16-18H2,1,3-8H3/b15-14+/t23-,25-,28-,29+,30+,31-,34+/m0/s1. The van der Waals surface area contributed by atoms with E-state index in [1.165, 1.54) is 13.0 Å². The summed E-state index contributed by atoms with van der Waals surface area (Å²) in [6, 6.07) is 9.54. The van der Waals surface area contributed by atoms with Crippen molar-refractivity contribution in [1.29, 1.82) is 0 Å². The van der Waals surface area contributed by atoms with Crippen molar-refractivity contribution in [2.24, 2.45) is 22.7 Å². The number of esters is 2. The third kappa shape index (κ3) is 5.12. The Morgan fingerprint density at radius 3 is 2.39 bits per heavy atom. The van der Waals surface area contributed by atoms with E-state index in [0.717, 1.165) is 11.1 Å². The van der Waals surface area contributed by atoms with Gasteiger partial charge in [0.05, 0.1) is 6.10 Å². The Morgan fingerprint density at radius 2 is 1.73 bits per heavy atom. The summed E-state index contributed by atoms with van der Waals surface area (Å²) in [4.78, 5) is 39.0. The fourth-order valence-electron chi connectivity index (χ4n) is 7.93. The maximum absolute atomic E-state index is 13.5. The lowest BCUT2D eigenvalue weighted by atomic mass is 9.49. The lowest BCUT2D eigenvalue weighted by Crippen LogP contribution is -2.62. The van der Waals surface area contributed by atoms with Crippen LogP contribution in [0.25, 0.3) is 6.08 Å². The van der Waals surface area contributed by atoms with E-state index in [0.29, 0.717) is 24.0 Å². The quantitative estimate of drug-likeness (QED) is 0.253. The number of carbonyl (C=O) groups is 3. The Hall–Kier alpha value is -3.03. The van der Waals surface area contributed by atoms with Gasteiger partial charge < -0.3 is 18.9 Å². The number of carbonyl (C=O) groups excluding carboxylic acids is 3. The van der Waals surface area contributed by atoms with E-state index in [-0.39, 0.29) is 18.1 Å². The summed E-state index contributed by atoms with van der Waals surface area (Å²) in [5, 5.41) is 0. The van der Waals surface area contributed by atoms with Gasteiger partial charge in [-0.15, -0.1) is 0 Å². The first kappa shape index (κ1) is 29.5. The van der Waals surface area contributed by atoms with Crippen molar-refractivity contribution >= 4 is 23.8 Å². The van der Waals surface area contributed by atoms with E-state index in [1.807, 2.05) is 51.1 Å². The van der Waals surface area contributed by atoms with Gasteiger partial charge in [-0.3, -0.25) is 9.59 Å². The van der Waals surface area contributed by atoms with Crippen LogP contribution in [0, 0.1) is 22.7 Å². The van der Waals surface area contributed by atoms with Gasteiger partial charge in [-0.2, -0.15) is 0 Å². The minimum atomic E-state index is -0.879. The number of hydrogen-bond donors (Lipinski definition) is 0. The highest BCUT2D eigenvalue weighted by Gasteiger charge is 2.66. The Morgan fingerprint density at radius 1 is 1.05 bits per heavy atom. The normalized spacial score (nSPS) is 35.8. The molecular formula is C34H42O7. The van der Waals surface area contributed by atoms with Gasteiger partial charge in [0, 0.05) is 36.7 Å². The summed E-state index contributed by atoms with van der Waals surface area (Å²) < 4.78 is 25.4. The fourth-order valence-corrected chi connectivity index (χ4v) is 7.93. The molecule has 220 valence electrons. The summed E-state index contributed by atoms with van der Waals surface area (Å²) in [7, 11) is 0. The molecule has 7 atom stereocenters. The van der Waals surface area contributed by atoms with E-state index in [1.54, 1.807) is 6.08 Å². The van der Waals surface area contributed by atoms with Crippen LogP contribution >= 0.6 is 0 Å². The number of ether oxygens (including phenoxy) is 4. The highest BCUT2D eigenvalue weighted by atomic mass is 16.8. The summed E-state index contributed by atoms with van der Waals surface area (Å²) in [6.45, 7) is 17.9. The average molecular weight is 563 g/mol. The van der Waals surface area contributed by atoms with Gasteiger partial charge in [0.2, 0.25) is 0 Å². The maximum Gasteiger partial charge on any atom is 0.331 e. The summed E-state index contributed by atoms with van der Waals surface area (Å²) in [6.07, 6.45) is 2.44. The van der Waals surface area contributed by atoms with Crippen LogP contribution in [0.1, 0.15) is 73.3 Å². The molecule has 0 radical (unpaired) electrons. The third-order valence-corrected chi connectivity index (χ3v) is 9.85. The third-order valence-electron chi connectivity index (χ3n) is 9.85. The Kier molecular flexibility index (Phi) is 7.44. The van der Waals surface area contributed by atoms with Crippen molar-refractivity contribution in [3.8, 4) is 0 Å². The van der Waals surface area contributed by atoms with Crippen LogP contribution in [-0.2, 0) is 33.3 Å². The van der Waals surface area contributed by atoms with Crippen LogP contribution in [0.2, 0.25) is 0 Å². The molecule has 41 heavy (non-hydrogen) atoms. The molecule has 3 aliphatic carbocycles. The van der Waals surface area contributed by atoms with Gasteiger partial charge in [0.25, 0.3) is 0 Å². The van der Waals surface area contributed by atoms with Crippen LogP contribution in [-0.4, -0.2) is 47.9 Å². The molecule has 3 fully saturated rings. The topological polar surface area (TPSA) is 88.1 Å². The van der Waals surface area contributed by atoms with Gasteiger partial charge >= 0.3 is 11.9 Å². The molecule has 1 aromatic carbocycles. The number of fused-ring (bicyclic) bond motifs is 6. The van der Waals surface area contributed by atoms with Crippen LogP contribution in [0.3, 0.4) is 0 Å². The molecule has 0 unspecified atom stereocenters. The molecule has 0 amide bonds. The molecule has 2 bridgehead atoms. The molecular weight excluding hydrogens is 520 g/mol. The van der Waals surface area contributed by atoms with Crippen molar-refractivity contribution in [2.75, 3.05) is 0 Å². The second kappa shape index (κ2) is 10.4. The SMILES string of the molecule is C=C1[C@@H](OC(=O)/C=C/c2ccccc2)CC[C@@]2(C)[C@H]3OC(C)(C)O[C@@H]3C3=C(C)C(=O)C[C@@H]([C@@H](OC(C)=O)[C@H]12)C3(C)C. The molecule has 0 aromatic heterocycles. The molecule has 7 nitrogen and oxygen atoms in total. The summed E-state index contributed by atoms with van der Waals surface area (Å²) in [5.74, 6) is -2.50. The minimum Gasteiger partial charge on any atom is -0.462 e. The molecule has 4 aliphatic rings. The van der Waals surface area contributed by atoms with Gasteiger partial charge in [-0.25, -0.2) is 4.79 Å². The van der Waals surface area contributed by atoms with Crippen LogP contribution in [0.4, 0.5) is 0 Å². The fraction of sp³-hybridized carbons (Fsp3) is 0.559. The van der Waals surface area contributed by atoms with Crippen molar-refractivity contribution in [1.82, 2.24) is 0 Å². The number of hydrogen-bond acceptors (Lipinski definition) is 7. The first-order valence-electron chi connectivity index (χ1n) is 14.6. The van der Waals surface area contributed by atoms with E-state index in [2.05, 4.69) is 27.4 Å². The second-order valence-corrected chi connectivity index (χ2v) is 13.3. The zero-order chi connectivity index (χ0) is 29.9. The summed E-state index contributed by atoms with van der Waals surface area (Å²) >= 11 is 0. The molecule has 7 heteroatoms. The average Bonchev–Trinajstić information content (AvgIpc) is 3.21. The minimum absolute atomic E-state index is 0.0209. The van der Waals surface area contributed by atoms with Gasteiger partial charge in [0.15, 0.2) is 11.6 Å². The first-order chi connectivity index (χ1) is 19.2. The maximum atomic E-state index is 13.5. The zero-order valence-corrected chi connectivity index (χ0v) is 25.2. The van der Waals surface area contributed by atoms with E-state index >= 15 is 0 Å². The molecule has 1 saturated heterocycles. The van der Waals surface area contributed by atoms with Crippen molar-refractivity contribution < 1.29 is 33.3 Å². The number of Topliss-reactive ketones (excluding diaryl/α,β-unsaturated/α-hetero) is 1. The Labute approximate surface area is 242 Å². The van der Waals surface area contributed by atoms with Crippen LogP contribution in [0.15, 0.2) is 59.7 Å². The molecule has 1 aliphatic heterocycles. The predicted molar refractivity (Wildman–Crippen MR) is 154 cm³/mol. The smallest absolute Gasteiger partial charge is 0.331 e.